The zero-order valence-electron chi connectivity index (χ0n) is 11.5. The minimum atomic E-state index is -0.552. The summed E-state index contributed by atoms with van der Waals surface area (Å²) in [6.45, 7) is 5.75. The monoisotopic (exact) mass is 265 g/mol. The molecule has 6 heteroatoms. The SMILES string of the molecule is COC(=O)c1nc(C)cc(OC2CNCCC2C)n1. The molecule has 0 bridgehead atoms. The van der Waals surface area contributed by atoms with Crippen LogP contribution in [-0.4, -0.2) is 42.2 Å². The second-order valence-electron chi connectivity index (χ2n) is 4.79. The summed E-state index contributed by atoms with van der Waals surface area (Å²) < 4.78 is 10.5. The van der Waals surface area contributed by atoms with Gasteiger partial charge in [0.15, 0.2) is 0 Å². The van der Waals surface area contributed by atoms with Gasteiger partial charge in [-0.15, -0.1) is 0 Å². The van der Waals surface area contributed by atoms with E-state index in [1.54, 1.807) is 13.0 Å². The Hall–Kier alpha value is -1.69. The summed E-state index contributed by atoms with van der Waals surface area (Å²) in [7, 11) is 1.31. The zero-order chi connectivity index (χ0) is 13.8. The van der Waals surface area contributed by atoms with Gasteiger partial charge in [0, 0.05) is 18.3 Å². The Bertz CT molecular complexity index is 464. The molecular weight excluding hydrogens is 246 g/mol. The Kier molecular flexibility index (Phi) is 4.31. The van der Waals surface area contributed by atoms with E-state index in [1.807, 2.05) is 0 Å². The van der Waals surface area contributed by atoms with Crippen LogP contribution in [0.2, 0.25) is 0 Å². The number of aromatic nitrogens is 2. The number of hydrogen-bond donors (Lipinski definition) is 1. The first-order valence-electron chi connectivity index (χ1n) is 6.41. The van der Waals surface area contributed by atoms with Crippen LogP contribution < -0.4 is 10.1 Å². The summed E-state index contributed by atoms with van der Waals surface area (Å²) in [6, 6.07) is 1.73. The van der Waals surface area contributed by atoms with E-state index < -0.39 is 5.97 Å². The highest BCUT2D eigenvalue weighted by Crippen LogP contribution is 2.19. The number of methoxy groups -OCH3 is 1. The third kappa shape index (κ3) is 3.41. The van der Waals surface area contributed by atoms with Crippen molar-refractivity contribution in [3.05, 3.63) is 17.6 Å². The number of esters is 1. The Morgan fingerprint density at radius 1 is 1.47 bits per heavy atom. The highest BCUT2D eigenvalue weighted by molar-refractivity contribution is 5.85. The lowest BCUT2D eigenvalue weighted by Crippen LogP contribution is -2.43. The number of carbonyl (C=O) groups is 1. The van der Waals surface area contributed by atoms with Gasteiger partial charge >= 0.3 is 5.97 Å². The maximum absolute atomic E-state index is 11.5. The summed E-state index contributed by atoms with van der Waals surface area (Å²) in [5.74, 6) is 0.365. The van der Waals surface area contributed by atoms with Gasteiger partial charge in [-0.2, -0.15) is 4.98 Å². The first-order chi connectivity index (χ1) is 9.10. The first kappa shape index (κ1) is 13.7. The van der Waals surface area contributed by atoms with Crippen molar-refractivity contribution in [3.8, 4) is 5.88 Å². The fraction of sp³-hybridized carbons (Fsp3) is 0.615. The van der Waals surface area contributed by atoms with Gasteiger partial charge in [0.25, 0.3) is 0 Å². The predicted octanol–water partition coefficient (Wildman–Crippen LogP) is 0.948. The summed E-state index contributed by atoms with van der Waals surface area (Å²) in [5.41, 5.74) is 0.682. The summed E-state index contributed by atoms with van der Waals surface area (Å²) >= 11 is 0. The van der Waals surface area contributed by atoms with Crippen LogP contribution in [0, 0.1) is 12.8 Å². The maximum atomic E-state index is 11.5. The highest BCUT2D eigenvalue weighted by Gasteiger charge is 2.23. The van der Waals surface area contributed by atoms with Crippen LogP contribution in [0.3, 0.4) is 0 Å². The Labute approximate surface area is 112 Å². The average molecular weight is 265 g/mol. The molecule has 1 fully saturated rings. The van der Waals surface area contributed by atoms with Crippen molar-refractivity contribution >= 4 is 5.97 Å². The van der Waals surface area contributed by atoms with Crippen molar-refractivity contribution in [1.82, 2.24) is 15.3 Å². The van der Waals surface area contributed by atoms with E-state index >= 15 is 0 Å². The van der Waals surface area contributed by atoms with Crippen molar-refractivity contribution in [3.63, 3.8) is 0 Å². The van der Waals surface area contributed by atoms with Gasteiger partial charge in [0.1, 0.15) is 6.10 Å². The molecule has 1 N–H and O–H groups in total. The van der Waals surface area contributed by atoms with Crippen molar-refractivity contribution < 1.29 is 14.3 Å². The van der Waals surface area contributed by atoms with Crippen molar-refractivity contribution in [2.75, 3.05) is 20.2 Å². The molecule has 0 radical (unpaired) electrons. The Morgan fingerprint density at radius 2 is 2.26 bits per heavy atom. The third-order valence-electron chi connectivity index (χ3n) is 3.23. The van der Waals surface area contributed by atoms with Crippen LogP contribution in [-0.2, 0) is 4.74 Å². The molecule has 0 aliphatic carbocycles. The number of aryl methyl sites for hydroxylation is 1. The van der Waals surface area contributed by atoms with Gasteiger partial charge in [-0.05, 0) is 25.8 Å². The molecule has 19 heavy (non-hydrogen) atoms. The number of nitrogens with one attached hydrogen (secondary N) is 1. The molecule has 2 unspecified atom stereocenters. The van der Waals surface area contributed by atoms with Crippen LogP contribution in [0.1, 0.15) is 29.7 Å². The van der Waals surface area contributed by atoms with E-state index in [9.17, 15) is 4.79 Å². The average Bonchev–Trinajstić information content (AvgIpc) is 2.40. The van der Waals surface area contributed by atoms with E-state index in [2.05, 4.69) is 26.9 Å². The lowest BCUT2D eigenvalue weighted by Gasteiger charge is -2.29. The molecule has 1 aliphatic heterocycles. The molecule has 2 rings (SSSR count). The van der Waals surface area contributed by atoms with Gasteiger partial charge in [-0.1, -0.05) is 6.92 Å². The Balaban J connectivity index is 2.15. The molecule has 2 atom stereocenters. The summed E-state index contributed by atoms with van der Waals surface area (Å²) in [5, 5.41) is 3.29. The van der Waals surface area contributed by atoms with E-state index in [0.29, 0.717) is 17.5 Å². The fourth-order valence-corrected chi connectivity index (χ4v) is 2.06. The summed E-state index contributed by atoms with van der Waals surface area (Å²) in [4.78, 5) is 19.6. The zero-order valence-corrected chi connectivity index (χ0v) is 11.5. The maximum Gasteiger partial charge on any atom is 0.376 e. The van der Waals surface area contributed by atoms with E-state index in [-0.39, 0.29) is 11.9 Å². The molecule has 0 saturated carbocycles. The molecular formula is C13H19N3O3. The number of ether oxygens (including phenoxy) is 2. The highest BCUT2D eigenvalue weighted by atomic mass is 16.5. The largest absolute Gasteiger partial charge is 0.473 e. The van der Waals surface area contributed by atoms with E-state index in [4.69, 9.17) is 4.74 Å². The van der Waals surface area contributed by atoms with Crippen LogP contribution >= 0.6 is 0 Å². The molecule has 1 aromatic heterocycles. The molecule has 2 heterocycles. The lowest BCUT2D eigenvalue weighted by atomic mass is 9.97. The van der Waals surface area contributed by atoms with Crippen LogP contribution in [0.15, 0.2) is 6.07 Å². The minimum absolute atomic E-state index is 0.0360. The van der Waals surface area contributed by atoms with Crippen molar-refractivity contribution in [1.29, 1.82) is 0 Å². The normalized spacial score (nSPS) is 22.9. The smallest absolute Gasteiger partial charge is 0.376 e. The summed E-state index contributed by atoms with van der Waals surface area (Å²) in [6.07, 6.45) is 1.13. The van der Waals surface area contributed by atoms with Crippen molar-refractivity contribution in [2.24, 2.45) is 5.92 Å². The lowest BCUT2D eigenvalue weighted by molar-refractivity contribution is 0.0581. The van der Waals surface area contributed by atoms with Gasteiger partial charge < -0.3 is 14.8 Å². The first-order valence-corrected chi connectivity index (χ1v) is 6.41. The number of nitrogens with zero attached hydrogens (tertiary/aromatic N) is 2. The number of rotatable bonds is 3. The standard InChI is InChI=1S/C13H19N3O3/c1-8-4-5-14-7-10(8)19-11-6-9(2)15-12(16-11)13(17)18-3/h6,8,10,14H,4-5,7H2,1-3H3. The minimum Gasteiger partial charge on any atom is -0.473 e. The topological polar surface area (TPSA) is 73.3 Å². The van der Waals surface area contributed by atoms with Crippen LogP contribution in [0.4, 0.5) is 0 Å². The van der Waals surface area contributed by atoms with Crippen LogP contribution in [0.25, 0.3) is 0 Å². The van der Waals surface area contributed by atoms with Gasteiger partial charge in [-0.25, -0.2) is 9.78 Å². The molecule has 6 nitrogen and oxygen atoms in total. The molecule has 104 valence electrons. The second-order valence-corrected chi connectivity index (χ2v) is 4.79. The molecule has 1 aromatic rings. The van der Waals surface area contributed by atoms with Gasteiger partial charge in [0.2, 0.25) is 11.7 Å². The number of piperidine rings is 1. The number of carbonyl (C=O) groups excluding carboxylic acids is 1. The third-order valence-corrected chi connectivity index (χ3v) is 3.23. The molecule has 0 amide bonds. The van der Waals surface area contributed by atoms with Gasteiger partial charge in [-0.3, -0.25) is 0 Å². The predicted molar refractivity (Wildman–Crippen MR) is 69.2 cm³/mol. The van der Waals surface area contributed by atoms with Crippen LogP contribution in [0.5, 0.6) is 5.88 Å². The van der Waals surface area contributed by atoms with E-state index in [0.717, 1.165) is 19.5 Å². The Morgan fingerprint density at radius 3 is 2.95 bits per heavy atom. The quantitative estimate of drug-likeness (QED) is 0.820. The van der Waals surface area contributed by atoms with Crippen molar-refractivity contribution in [2.45, 2.75) is 26.4 Å². The molecule has 0 spiro atoms. The second kappa shape index (κ2) is 5.97. The van der Waals surface area contributed by atoms with E-state index in [1.165, 1.54) is 7.11 Å². The molecule has 1 saturated heterocycles. The fourth-order valence-electron chi connectivity index (χ4n) is 2.06. The number of hydrogen-bond acceptors (Lipinski definition) is 6. The molecule has 1 aliphatic rings. The van der Waals surface area contributed by atoms with Gasteiger partial charge in [0.05, 0.1) is 7.11 Å². The molecule has 0 aromatic carbocycles.